The van der Waals surface area contributed by atoms with Crippen LogP contribution in [0.15, 0.2) is 12.1 Å². The van der Waals surface area contributed by atoms with Gasteiger partial charge in [-0.25, -0.2) is 4.39 Å². The average molecular weight is 224 g/mol. The van der Waals surface area contributed by atoms with Gasteiger partial charge < -0.3 is 9.47 Å². The van der Waals surface area contributed by atoms with Crippen LogP contribution in [0.25, 0.3) is 0 Å². The van der Waals surface area contributed by atoms with E-state index in [9.17, 15) is 4.39 Å². The van der Waals surface area contributed by atoms with Crippen LogP contribution in [0.2, 0.25) is 0 Å². The standard InChI is InChI=1S/C13H17FO2/c1-8(2)9-6-7-16-11-5-4-10(14)13(15-3)12(9)11/h4-5,8-9H,6-7H2,1-3H3. The second kappa shape index (κ2) is 4.32. The first-order valence-electron chi connectivity index (χ1n) is 5.64. The van der Waals surface area contributed by atoms with Crippen molar-refractivity contribution in [2.24, 2.45) is 5.92 Å². The molecule has 2 rings (SSSR count). The maximum atomic E-state index is 13.6. The topological polar surface area (TPSA) is 18.5 Å². The summed E-state index contributed by atoms with van der Waals surface area (Å²) in [7, 11) is 1.50. The number of fused-ring (bicyclic) bond motifs is 1. The van der Waals surface area contributed by atoms with Gasteiger partial charge in [-0.15, -0.1) is 0 Å². The number of halogens is 1. The smallest absolute Gasteiger partial charge is 0.165 e. The number of hydrogen-bond donors (Lipinski definition) is 0. The van der Waals surface area contributed by atoms with E-state index in [4.69, 9.17) is 9.47 Å². The molecule has 0 aromatic heterocycles. The first-order valence-corrected chi connectivity index (χ1v) is 5.64. The molecule has 1 aliphatic rings. The number of hydrogen-bond acceptors (Lipinski definition) is 2. The van der Waals surface area contributed by atoms with Crippen molar-refractivity contribution in [3.05, 3.63) is 23.5 Å². The molecular weight excluding hydrogens is 207 g/mol. The quantitative estimate of drug-likeness (QED) is 0.767. The molecule has 1 aromatic carbocycles. The third-order valence-corrected chi connectivity index (χ3v) is 3.17. The Balaban J connectivity index is 2.55. The lowest BCUT2D eigenvalue weighted by molar-refractivity contribution is 0.238. The van der Waals surface area contributed by atoms with E-state index < -0.39 is 0 Å². The maximum Gasteiger partial charge on any atom is 0.165 e. The Morgan fingerprint density at radius 1 is 1.44 bits per heavy atom. The highest BCUT2D eigenvalue weighted by atomic mass is 19.1. The molecule has 2 nitrogen and oxygen atoms in total. The van der Waals surface area contributed by atoms with E-state index in [1.165, 1.54) is 13.2 Å². The predicted molar refractivity (Wildman–Crippen MR) is 60.6 cm³/mol. The van der Waals surface area contributed by atoms with E-state index in [0.29, 0.717) is 24.2 Å². The molecule has 16 heavy (non-hydrogen) atoms. The molecule has 0 amide bonds. The summed E-state index contributed by atoms with van der Waals surface area (Å²) < 4.78 is 24.4. The van der Waals surface area contributed by atoms with Crippen molar-refractivity contribution in [3.63, 3.8) is 0 Å². The maximum absolute atomic E-state index is 13.6. The van der Waals surface area contributed by atoms with Gasteiger partial charge in [-0.3, -0.25) is 0 Å². The van der Waals surface area contributed by atoms with Gasteiger partial charge in [0.05, 0.1) is 13.7 Å². The molecule has 0 N–H and O–H groups in total. The molecule has 1 heterocycles. The lowest BCUT2D eigenvalue weighted by atomic mass is 9.83. The molecule has 1 atom stereocenters. The fourth-order valence-corrected chi connectivity index (χ4v) is 2.35. The first-order chi connectivity index (χ1) is 7.65. The molecule has 88 valence electrons. The zero-order valence-corrected chi connectivity index (χ0v) is 9.92. The van der Waals surface area contributed by atoms with Crippen LogP contribution in [-0.2, 0) is 0 Å². The Morgan fingerprint density at radius 2 is 2.19 bits per heavy atom. The highest BCUT2D eigenvalue weighted by Gasteiger charge is 2.29. The van der Waals surface area contributed by atoms with Gasteiger partial charge in [0, 0.05) is 5.56 Å². The minimum atomic E-state index is -0.308. The van der Waals surface area contributed by atoms with Gasteiger partial charge in [-0.1, -0.05) is 13.8 Å². The van der Waals surface area contributed by atoms with Crippen LogP contribution >= 0.6 is 0 Å². The number of ether oxygens (including phenoxy) is 2. The molecule has 1 unspecified atom stereocenters. The van der Waals surface area contributed by atoms with Gasteiger partial charge in [-0.2, -0.15) is 0 Å². The van der Waals surface area contributed by atoms with Gasteiger partial charge in [0.1, 0.15) is 5.75 Å². The van der Waals surface area contributed by atoms with E-state index >= 15 is 0 Å². The largest absolute Gasteiger partial charge is 0.493 e. The van der Waals surface area contributed by atoms with Crippen LogP contribution in [0, 0.1) is 11.7 Å². The van der Waals surface area contributed by atoms with Crippen molar-refractivity contribution in [2.75, 3.05) is 13.7 Å². The van der Waals surface area contributed by atoms with Crippen molar-refractivity contribution in [1.82, 2.24) is 0 Å². The highest BCUT2D eigenvalue weighted by molar-refractivity contribution is 5.49. The molecule has 1 aliphatic heterocycles. The van der Waals surface area contributed by atoms with E-state index in [2.05, 4.69) is 13.8 Å². The second-order valence-corrected chi connectivity index (χ2v) is 4.48. The Hall–Kier alpha value is -1.25. The van der Waals surface area contributed by atoms with Crippen LogP contribution in [0.4, 0.5) is 4.39 Å². The molecular formula is C13H17FO2. The highest BCUT2D eigenvalue weighted by Crippen LogP contribution is 2.44. The third-order valence-electron chi connectivity index (χ3n) is 3.17. The average Bonchev–Trinajstić information content (AvgIpc) is 2.28. The van der Waals surface area contributed by atoms with Crippen molar-refractivity contribution >= 4 is 0 Å². The summed E-state index contributed by atoms with van der Waals surface area (Å²) >= 11 is 0. The zero-order valence-electron chi connectivity index (χ0n) is 9.92. The molecule has 3 heteroatoms. The summed E-state index contributed by atoms with van der Waals surface area (Å²) in [5.41, 5.74) is 0.892. The van der Waals surface area contributed by atoms with E-state index in [1.54, 1.807) is 6.07 Å². The zero-order chi connectivity index (χ0) is 11.7. The van der Waals surface area contributed by atoms with Crippen LogP contribution < -0.4 is 9.47 Å². The molecule has 0 radical (unpaired) electrons. The summed E-state index contributed by atoms with van der Waals surface area (Å²) in [6.07, 6.45) is 0.921. The minimum absolute atomic E-state index is 0.308. The van der Waals surface area contributed by atoms with E-state index in [0.717, 1.165) is 17.7 Å². The molecule has 0 spiro atoms. The molecule has 1 aromatic rings. The van der Waals surface area contributed by atoms with Gasteiger partial charge in [0.25, 0.3) is 0 Å². The predicted octanol–water partition coefficient (Wildman–Crippen LogP) is 3.36. The van der Waals surface area contributed by atoms with Gasteiger partial charge in [-0.05, 0) is 30.4 Å². The Bertz CT molecular complexity index is 388. The fourth-order valence-electron chi connectivity index (χ4n) is 2.35. The van der Waals surface area contributed by atoms with Gasteiger partial charge >= 0.3 is 0 Å². The monoisotopic (exact) mass is 224 g/mol. The second-order valence-electron chi connectivity index (χ2n) is 4.48. The third kappa shape index (κ3) is 1.75. The van der Waals surface area contributed by atoms with Crippen molar-refractivity contribution in [2.45, 2.75) is 26.2 Å². The summed E-state index contributed by atoms with van der Waals surface area (Å²) in [5, 5.41) is 0. The van der Waals surface area contributed by atoms with E-state index in [1.807, 2.05) is 0 Å². The molecule has 0 fully saturated rings. The SMILES string of the molecule is COc1c(F)ccc2c1C(C(C)C)CCO2. The summed E-state index contributed by atoms with van der Waals surface area (Å²) in [6.45, 7) is 4.98. The lowest BCUT2D eigenvalue weighted by Crippen LogP contribution is -2.19. The molecule has 0 bridgehead atoms. The van der Waals surface area contributed by atoms with Crippen molar-refractivity contribution < 1.29 is 13.9 Å². The molecule has 0 saturated carbocycles. The number of benzene rings is 1. The molecule has 0 aliphatic carbocycles. The molecule has 0 saturated heterocycles. The van der Waals surface area contributed by atoms with Crippen LogP contribution in [0.3, 0.4) is 0 Å². The van der Waals surface area contributed by atoms with E-state index in [-0.39, 0.29) is 5.82 Å². The summed E-state index contributed by atoms with van der Waals surface area (Å²) in [4.78, 5) is 0. The fraction of sp³-hybridized carbons (Fsp3) is 0.538. The Morgan fingerprint density at radius 3 is 2.81 bits per heavy atom. The summed E-state index contributed by atoms with van der Waals surface area (Å²) in [5.74, 6) is 1.57. The van der Waals surface area contributed by atoms with Crippen molar-refractivity contribution in [3.8, 4) is 11.5 Å². The van der Waals surface area contributed by atoms with Crippen molar-refractivity contribution in [1.29, 1.82) is 0 Å². The van der Waals surface area contributed by atoms with Crippen LogP contribution in [-0.4, -0.2) is 13.7 Å². The summed E-state index contributed by atoms with van der Waals surface area (Å²) in [6, 6.07) is 3.10. The van der Waals surface area contributed by atoms with Gasteiger partial charge in [0.15, 0.2) is 11.6 Å². The Labute approximate surface area is 95.4 Å². The minimum Gasteiger partial charge on any atom is -0.493 e. The number of methoxy groups -OCH3 is 1. The number of rotatable bonds is 2. The lowest BCUT2D eigenvalue weighted by Gasteiger charge is -2.30. The first kappa shape index (κ1) is 11.2. The normalized spacial score (nSPS) is 19.2. The van der Waals surface area contributed by atoms with Gasteiger partial charge in [0.2, 0.25) is 0 Å². The van der Waals surface area contributed by atoms with Crippen LogP contribution in [0.1, 0.15) is 31.7 Å². The van der Waals surface area contributed by atoms with Crippen LogP contribution in [0.5, 0.6) is 11.5 Å². The Kier molecular flexibility index (Phi) is 3.03.